The van der Waals surface area contributed by atoms with E-state index in [9.17, 15) is 4.79 Å². The highest BCUT2D eigenvalue weighted by atomic mass is 16.1. The van der Waals surface area contributed by atoms with Crippen LogP contribution in [0.2, 0.25) is 0 Å². The van der Waals surface area contributed by atoms with Gasteiger partial charge in [-0.1, -0.05) is 18.2 Å². The Hall–Kier alpha value is -1.57. The van der Waals surface area contributed by atoms with Gasteiger partial charge in [-0.25, -0.2) is 0 Å². The van der Waals surface area contributed by atoms with Crippen LogP contribution in [-0.4, -0.2) is 5.78 Å². The zero-order valence-electron chi connectivity index (χ0n) is 8.42. The number of aryl methyl sites for hydroxylation is 1. The molecule has 2 heteroatoms. The summed E-state index contributed by atoms with van der Waals surface area (Å²) in [5.74, 6) is 0.0387. The van der Waals surface area contributed by atoms with Crippen molar-refractivity contribution < 1.29 is 4.79 Å². The Morgan fingerprint density at radius 1 is 1.43 bits per heavy atom. The summed E-state index contributed by atoms with van der Waals surface area (Å²) in [7, 11) is 0. The predicted molar refractivity (Wildman–Crippen MR) is 57.4 cm³/mol. The molecular formula is C12H13NO. The Bertz CT molecular complexity index is 420. The maximum atomic E-state index is 11.9. The van der Waals surface area contributed by atoms with Gasteiger partial charge in [0.1, 0.15) is 0 Å². The quantitative estimate of drug-likeness (QED) is 0.676. The number of benzene rings is 1. The third-order valence-electron chi connectivity index (χ3n) is 2.65. The lowest BCUT2D eigenvalue weighted by molar-refractivity contribution is 0.0946. The first-order valence-corrected chi connectivity index (χ1v) is 4.70. The van der Waals surface area contributed by atoms with E-state index in [-0.39, 0.29) is 11.7 Å². The Balaban J connectivity index is 2.57. The SMILES string of the molecule is C=C1Nc2ccc(C)cc2C(=O)C1C. The summed E-state index contributed by atoms with van der Waals surface area (Å²) < 4.78 is 0. The summed E-state index contributed by atoms with van der Waals surface area (Å²) >= 11 is 0. The van der Waals surface area contributed by atoms with Gasteiger partial charge in [0, 0.05) is 16.9 Å². The van der Waals surface area contributed by atoms with Gasteiger partial charge in [-0.15, -0.1) is 0 Å². The normalized spacial score (nSPS) is 20.3. The molecule has 2 rings (SSSR count). The van der Waals surface area contributed by atoms with Crippen molar-refractivity contribution in [3.63, 3.8) is 0 Å². The predicted octanol–water partition coefficient (Wildman–Crippen LogP) is 2.75. The molecular weight excluding hydrogens is 174 g/mol. The van der Waals surface area contributed by atoms with Gasteiger partial charge < -0.3 is 5.32 Å². The topological polar surface area (TPSA) is 29.1 Å². The molecule has 0 fully saturated rings. The molecule has 0 aromatic heterocycles. The van der Waals surface area contributed by atoms with Gasteiger partial charge >= 0.3 is 0 Å². The third-order valence-corrected chi connectivity index (χ3v) is 2.65. The number of anilines is 1. The van der Waals surface area contributed by atoms with E-state index in [1.54, 1.807) is 0 Å². The van der Waals surface area contributed by atoms with Crippen molar-refractivity contribution in [1.82, 2.24) is 0 Å². The lowest BCUT2D eigenvalue weighted by Crippen LogP contribution is -2.24. The fourth-order valence-electron chi connectivity index (χ4n) is 1.64. The number of ketones is 1. The molecule has 0 spiro atoms. The van der Waals surface area contributed by atoms with Crippen LogP contribution in [0.4, 0.5) is 5.69 Å². The highest BCUT2D eigenvalue weighted by molar-refractivity contribution is 6.06. The fraction of sp³-hybridized carbons (Fsp3) is 0.250. The minimum absolute atomic E-state index is 0.121. The Morgan fingerprint density at radius 3 is 2.86 bits per heavy atom. The molecule has 1 heterocycles. The van der Waals surface area contributed by atoms with E-state index < -0.39 is 0 Å². The number of fused-ring (bicyclic) bond motifs is 1. The van der Waals surface area contributed by atoms with Crippen LogP contribution in [0.3, 0.4) is 0 Å². The molecule has 0 bridgehead atoms. The summed E-state index contributed by atoms with van der Waals surface area (Å²) in [5.41, 5.74) is 3.55. The monoisotopic (exact) mass is 187 g/mol. The standard InChI is InChI=1S/C12H13NO/c1-7-4-5-11-10(6-7)12(14)8(2)9(3)13-11/h4-6,8,13H,3H2,1-2H3. The Morgan fingerprint density at radius 2 is 2.14 bits per heavy atom. The molecule has 0 saturated heterocycles. The smallest absolute Gasteiger partial charge is 0.173 e. The number of Topliss-reactive ketones (excluding diaryl/α,β-unsaturated/α-hetero) is 1. The Kier molecular flexibility index (Phi) is 1.92. The summed E-state index contributed by atoms with van der Waals surface area (Å²) in [4.78, 5) is 11.9. The van der Waals surface area contributed by atoms with E-state index in [2.05, 4.69) is 11.9 Å². The second-order valence-corrected chi connectivity index (χ2v) is 3.79. The van der Waals surface area contributed by atoms with Crippen molar-refractivity contribution in [1.29, 1.82) is 0 Å². The fourth-order valence-corrected chi connectivity index (χ4v) is 1.64. The van der Waals surface area contributed by atoms with Crippen molar-refractivity contribution in [3.8, 4) is 0 Å². The van der Waals surface area contributed by atoms with E-state index in [1.165, 1.54) is 0 Å². The molecule has 1 atom stereocenters. The van der Waals surface area contributed by atoms with Crippen LogP contribution in [0.25, 0.3) is 0 Å². The third kappa shape index (κ3) is 1.23. The maximum absolute atomic E-state index is 11.9. The molecule has 72 valence electrons. The van der Waals surface area contributed by atoms with Gasteiger partial charge in [-0.05, 0) is 26.0 Å². The highest BCUT2D eigenvalue weighted by Crippen LogP contribution is 2.29. The average Bonchev–Trinajstić information content (AvgIpc) is 2.16. The second kappa shape index (κ2) is 2.98. The molecule has 0 saturated carbocycles. The molecule has 0 aliphatic carbocycles. The van der Waals surface area contributed by atoms with Crippen molar-refractivity contribution in [3.05, 3.63) is 41.6 Å². The van der Waals surface area contributed by atoms with Gasteiger partial charge in [-0.2, -0.15) is 0 Å². The van der Waals surface area contributed by atoms with Crippen LogP contribution >= 0.6 is 0 Å². The molecule has 14 heavy (non-hydrogen) atoms. The van der Waals surface area contributed by atoms with Crippen LogP contribution < -0.4 is 5.32 Å². The number of nitrogens with one attached hydrogen (secondary N) is 1. The zero-order chi connectivity index (χ0) is 10.3. The number of allylic oxidation sites excluding steroid dienone is 1. The number of carbonyl (C=O) groups excluding carboxylic acids is 1. The largest absolute Gasteiger partial charge is 0.358 e. The molecule has 1 aromatic rings. The first-order chi connectivity index (χ1) is 6.59. The molecule has 1 N–H and O–H groups in total. The number of rotatable bonds is 0. The van der Waals surface area contributed by atoms with Crippen LogP contribution in [0.1, 0.15) is 22.8 Å². The first kappa shape index (κ1) is 9.00. The molecule has 1 aliphatic heterocycles. The minimum Gasteiger partial charge on any atom is -0.358 e. The summed E-state index contributed by atoms with van der Waals surface area (Å²) in [5, 5.41) is 3.15. The van der Waals surface area contributed by atoms with Crippen molar-refractivity contribution in [2.75, 3.05) is 5.32 Å². The molecule has 2 nitrogen and oxygen atoms in total. The van der Waals surface area contributed by atoms with E-state index in [1.807, 2.05) is 32.0 Å². The number of hydrogen-bond acceptors (Lipinski definition) is 2. The summed E-state index contributed by atoms with van der Waals surface area (Å²) in [6.45, 7) is 7.70. The highest BCUT2D eigenvalue weighted by Gasteiger charge is 2.26. The van der Waals surface area contributed by atoms with Crippen LogP contribution in [0.5, 0.6) is 0 Å². The average molecular weight is 187 g/mol. The van der Waals surface area contributed by atoms with Crippen molar-refractivity contribution in [2.45, 2.75) is 13.8 Å². The van der Waals surface area contributed by atoms with Gasteiger partial charge in [0.25, 0.3) is 0 Å². The summed E-state index contributed by atoms with van der Waals surface area (Å²) in [6, 6.07) is 5.84. The Labute approximate surface area is 83.6 Å². The van der Waals surface area contributed by atoms with Gasteiger partial charge in [0.2, 0.25) is 0 Å². The number of hydrogen-bond donors (Lipinski definition) is 1. The van der Waals surface area contributed by atoms with E-state index >= 15 is 0 Å². The summed E-state index contributed by atoms with van der Waals surface area (Å²) in [6.07, 6.45) is 0. The van der Waals surface area contributed by atoms with Crippen LogP contribution in [0, 0.1) is 12.8 Å². The molecule has 1 unspecified atom stereocenters. The maximum Gasteiger partial charge on any atom is 0.173 e. The molecule has 1 aliphatic rings. The molecule has 0 radical (unpaired) electrons. The van der Waals surface area contributed by atoms with Gasteiger partial charge in [0.05, 0.1) is 5.92 Å². The van der Waals surface area contributed by atoms with Crippen LogP contribution in [-0.2, 0) is 0 Å². The number of carbonyl (C=O) groups is 1. The van der Waals surface area contributed by atoms with E-state index in [0.29, 0.717) is 0 Å². The van der Waals surface area contributed by atoms with Crippen LogP contribution in [0.15, 0.2) is 30.5 Å². The zero-order valence-corrected chi connectivity index (χ0v) is 8.42. The first-order valence-electron chi connectivity index (χ1n) is 4.70. The lowest BCUT2D eigenvalue weighted by Gasteiger charge is -2.24. The molecule has 0 amide bonds. The minimum atomic E-state index is -0.121. The lowest BCUT2D eigenvalue weighted by atomic mass is 9.90. The molecule has 1 aromatic carbocycles. The second-order valence-electron chi connectivity index (χ2n) is 3.79. The van der Waals surface area contributed by atoms with Crippen molar-refractivity contribution >= 4 is 11.5 Å². The van der Waals surface area contributed by atoms with Crippen molar-refractivity contribution in [2.24, 2.45) is 5.92 Å². The van der Waals surface area contributed by atoms with E-state index in [4.69, 9.17) is 0 Å². The van der Waals surface area contributed by atoms with Gasteiger partial charge in [0.15, 0.2) is 5.78 Å². The van der Waals surface area contributed by atoms with Gasteiger partial charge in [-0.3, -0.25) is 4.79 Å². The van der Waals surface area contributed by atoms with E-state index in [0.717, 1.165) is 22.5 Å².